The van der Waals surface area contributed by atoms with Crippen LogP contribution in [0.15, 0.2) is 0 Å². The van der Waals surface area contributed by atoms with Crippen molar-refractivity contribution in [3.8, 4) is 0 Å². The molecule has 2 heterocycles. The fourth-order valence-corrected chi connectivity index (χ4v) is 3.12. The van der Waals surface area contributed by atoms with E-state index in [1.807, 2.05) is 0 Å². The first kappa shape index (κ1) is 12.3. The second-order valence-electron chi connectivity index (χ2n) is 4.79. The number of hydrogen-bond acceptors (Lipinski definition) is 4. The van der Waals surface area contributed by atoms with Gasteiger partial charge in [-0.05, 0) is 25.8 Å². The van der Waals surface area contributed by atoms with Gasteiger partial charge >= 0.3 is 11.9 Å². The lowest BCUT2D eigenvalue weighted by molar-refractivity contribution is -0.143. The third kappa shape index (κ3) is 2.76. The maximum atomic E-state index is 10.8. The van der Waals surface area contributed by atoms with Gasteiger partial charge < -0.3 is 10.2 Å². The molecule has 0 saturated carbocycles. The second kappa shape index (κ2) is 5.01. The van der Waals surface area contributed by atoms with Gasteiger partial charge in [-0.15, -0.1) is 0 Å². The molecule has 96 valence electrons. The molecule has 6 heteroatoms. The van der Waals surface area contributed by atoms with Crippen LogP contribution in [0.25, 0.3) is 0 Å². The largest absolute Gasteiger partial charge is 0.480 e. The quantitative estimate of drug-likeness (QED) is 0.688. The van der Waals surface area contributed by atoms with Crippen molar-refractivity contribution in [3.05, 3.63) is 0 Å². The first-order valence-corrected chi connectivity index (χ1v) is 5.99. The van der Waals surface area contributed by atoms with E-state index in [9.17, 15) is 9.59 Å². The van der Waals surface area contributed by atoms with Gasteiger partial charge in [0.1, 0.15) is 0 Å². The molecule has 0 aromatic rings. The number of hydrogen-bond donors (Lipinski definition) is 2. The molecule has 2 rings (SSSR count). The highest BCUT2D eigenvalue weighted by Crippen LogP contribution is 2.31. The standard InChI is InChI=1S/C11H18N2O4/c14-10(15)6-13(7-11(16)17)9-3-5-12-4-1-2-8(9)12/h8-9H,1-7H2,(H,14,15)(H,16,17). The molecule has 2 aliphatic heterocycles. The predicted octanol–water partition coefficient (Wildman–Crippen LogP) is -0.306. The van der Waals surface area contributed by atoms with Gasteiger partial charge in [-0.25, -0.2) is 0 Å². The van der Waals surface area contributed by atoms with Gasteiger partial charge in [0.15, 0.2) is 0 Å². The number of aliphatic carboxylic acids is 2. The van der Waals surface area contributed by atoms with Crippen LogP contribution in [0.2, 0.25) is 0 Å². The predicted molar refractivity (Wildman–Crippen MR) is 59.8 cm³/mol. The van der Waals surface area contributed by atoms with Crippen LogP contribution < -0.4 is 0 Å². The van der Waals surface area contributed by atoms with Crippen LogP contribution in [-0.2, 0) is 9.59 Å². The Labute approximate surface area is 99.8 Å². The van der Waals surface area contributed by atoms with E-state index in [-0.39, 0.29) is 19.1 Å². The Morgan fingerprint density at radius 1 is 1.12 bits per heavy atom. The van der Waals surface area contributed by atoms with Gasteiger partial charge in [-0.3, -0.25) is 19.4 Å². The van der Waals surface area contributed by atoms with E-state index < -0.39 is 11.9 Å². The molecule has 2 atom stereocenters. The van der Waals surface area contributed by atoms with Crippen molar-refractivity contribution in [2.75, 3.05) is 26.2 Å². The number of rotatable bonds is 5. The van der Waals surface area contributed by atoms with Crippen LogP contribution in [0.1, 0.15) is 19.3 Å². The van der Waals surface area contributed by atoms with Crippen molar-refractivity contribution in [1.82, 2.24) is 9.80 Å². The second-order valence-corrected chi connectivity index (χ2v) is 4.79. The Morgan fingerprint density at radius 2 is 1.76 bits per heavy atom. The van der Waals surface area contributed by atoms with Crippen molar-refractivity contribution < 1.29 is 19.8 Å². The summed E-state index contributed by atoms with van der Waals surface area (Å²) in [4.78, 5) is 25.5. The SMILES string of the molecule is O=C(O)CN(CC(=O)O)C1CCN2CCCC12. The summed E-state index contributed by atoms with van der Waals surface area (Å²) in [6.45, 7) is 1.67. The van der Waals surface area contributed by atoms with Gasteiger partial charge in [0.25, 0.3) is 0 Å². The summed E-state index contributed by atoms with van der Waals surface area (Å²) in [5.74, 6) is -1.91. The number of nitrogens with zero attached hydrogens (tertiary/aromatic N) is 2. The van der Waals surface area contributed by atoms with E-state index >= 15 is 0 Å². The molecule has 17 heavy (non-hydrogen) atoms. The van der Waals surface area contributed by atoms with E-state index in [2.05, 4.69) is 4.90 Å². The van der Waals surface area contributed by atoms with Crippen LogP contribution in [-0.4, -0.2) is 70.2 Å². The van der Waals surface area contributed by atoms with Gasteiger partial charge in [0.2, 0.25) is 0 Å². The molecule has 2 unspecified atom stereocenters. The molecule has 2 N–H and O–H groups in total. The smallest absolute Gasteiger partial charge is 0.317 e. The normalized spacial score (nSPS) is 28.5. The Bertz CT molecular complexity index is 305. The average molecular weight is 242 g/mol. The number of carboxylic acids is 2. The van der Waals surface area contributed by atoms with Crippen LogP contribution in [0.5, 0.6) is 0 Å². The summed E-state index contributed by atoms with van der Waals surface area (Å²) in [6.07, 6.45) is 3.07. The van der Waals surface area contributed by atoms with E-state index in [0.717, 1.165) is 32.4 Å². The lowest BCUT2D eigenvalue weighted by atomic mass is 10.0. The van der Waals surface area contributed by atoms with E-state index in [1.165, 1.54) is 0 Å². The molecule has 0 aliphatic carbocycles. The van der Waals surface area contributed by atoms with Crippen molar-refractivity contribution in [1.29, 1.82) is 0 Å². The van der Waals surface area contributed by atoms with Crippen molar-refractivity contribution in [2.45, 2.75) is 31.3 Å². The van der Waals surface area contributed by atoms with E-state index in [0.29, 0.717) is 6.04 Å². The summed E-state index contributed by atoms with van der Waals surface area (Å²) in [7, 11) is 0. The molecular weight excluding hydrogens is 224 g/mol. The topological polar surface area (TPSA) is 81.1 Å². The third-order valence-electron chi connectivity index (χ3n) is 3.72. The highest BCUT2D eigenvalue weighted by atomic mass is 16.4. The van der Waals surface area contributed by atoms with Crippen molar-refractivity contribution >= 4 is 11.9 Å². The summed E-state index contributed by atoms with van der Waals surface area (Å²) in [5, 5.41) is 17.7. The van der Waals surface area contributed by atoms with Crippen molar-refractivity contribution in [3.63, 3.8) is 0 Å². The molecule has 0 bridgehead atoms. The Balaban J connectivity index is 2.03. The molecule has 6 nitrogen and oxygen atoms in total. The lowest BCUT2D eigenvalue weighted by Gasteiger charge is -2.30. The van der Waals surface area contributed by atoms with Crippen LogP contribution >= 0.6 is 0 Å². The zero-order valence-corrected chi connectivity index (χ0v) is 9.71. The number of fused-ring (bicyclic) bond motifs is 1. The Kier molecular flexibility index (Phi) is 3.63. The Hall–Kier alpha value is -1.14. The molecule has 0 aromatic carbocycles. The number of carbonyl (C=O) groups is 2. The van der Waals surface area contributed by atoms with E-state index in [1.54, 1.807) is 4.90 Å². The first-order chi connectivity index (χ1) is 8.08. The maximum absolute atomic E-state index is 10.8. The van der Waals surface area contributed by atoms with Crippen LogP contribution in [0.4, 0.5) is 0 Å². The van der Waals surface area contributed by atoms with Crippen LogP contribution in [0.3, 0.4) is 0 Å². The maximum Gasteiger partial charge on any atom is 0.317 e. The lowest BCUT2D eigenvalue weighted by Crippen LogP contribution is -2.47. The highest BCUT2D eigenvalue weighted by molar-refractivity contribution is 5.72. The molecular formula is C11H18N2O4. The zero-order valence-electron chi connectivity index (χ0n) is 9.71. The average Bonchev–Trinajstić information content (AvgIpc) is 2.74. The van der Waals surface area contributed by atoms with Gasteiger partial charge in [0.05, 0.1) is 13.1 Å². The summed E-state index contributed by atoms with van der Waals surface area (Å²) in [5.41, 5.74) is 0. The minimum atomic E-state index is -0.956. The fourth-order valence-electron chi connectivity index (χ4n) is 3.12. The fraction of sp³-hybridized carbons (Fsp3) is 0.818. The molecule has 0 aromatic heterocycles. The van der Waals surface area contributed by atoms with Gasteiger partial charge in [-0.1, -0.05) is 0 Å². The minimum absolute atomic E-state index is 0.0877. The summed E-state index contributed by atoms with van der Waals surface area (Å²) < 4.78 is 0. The van der Waals surface area contributed by atoms with E-state index in [4.69, 9.17) is 10.2 Å². The van der Waals surface area contributed by atoms with Gasteiger partial charge in [0, 0.05) is 18.6 Å². The Morgan fingerprint density at radius 3 is 2.35 bits per heavy atom. The molecule has 2 saturated heterocycles. The summed E-state index contributed by atoms with van der Waals surface area (Å²) in [6, 6.07) is 0.443. The minimum Gasteiger partial charge on any atom is -0.480 e. The van der Waals surface area contributed by atoms with Crippen LogP contribution in [0, 0.1) is 0 Å². The molecule has 2 fully saturated rings. The number of carboxylic acid groups (broad SMARTS) is 2. The molecule has 0 spiro atoms. The monoisotopic (exact) mass is 242 g/mol. The zero-order chi connectivity index (χ0) is 12.4. The molecule has 0 amide bonds. The summed E-state index contributed by atoms with van der Waals surface area (Å²) >= 11 is 0. The molecule has 2 aliphatic rings. The van der Waals surface area contributed by atoms with Crippen molar-refractivity contribution in [2.24, 2.45) is 0 Å². The third-order valence-corrected chi connectivity index (χ3v) is 3.72. The highest BCUT2D eigenvalue weighted by Gasteiger charge is 2.40. The van der Waals surface area contributed by atoms with Gasteiger partial charge in [-0.2, -0.15) is 0 Å². The molecule has 0 radical (unpaired) electrons. The first-order valence-electron chi connectivity index (χ1n) is 5.99.